The molecule has 0 bridgehead atoms. The Morgan fingerprint density at radius 3 is 2.79 bits per heavy atom. The maximum Gasteiger partial charge on any atom is 0.268 e. The number of anilines is 1. The van der Waals surface area contributed by atoms with Crippen molar-refractivity contribution in [3.05, 3.63) is 50.6 Å². The first-order valence-corrected chi connectivity index (χ1v) is 8.02. The summed E-state index contributed by atoms with van der Waals surface area (Å²) in [6, 6.07) is 12.1. The van der Waals surface area contributed by atoms with Crippen molar-refractivity contribution in [2.45, 2.75) is 19.3 Å². The Kier molecular flexibility index (Phi) is 3.71. The summed E-state index contributed by atoms with van der Waals surface area (Å²) < 4.78 is 0.999. The van der Waals surface area contributed by atoms with Gasteiger partial charge in [-0.1, -0.05) is 18.2 Å². The van der Waals surface area contributed by atoms with E-state index in [-0.39, 0.29) is 5.91 Å². The lowest BCUT2D eigenvalue weighted by Crippen LogP contribution is -2.31. The van der Waals surface area contributed by atoms with Crippen molar-refractivity contribution in [2.75, 3.05) is 11.4 Å². The predicted octanol–water partition coefficient (Wildman–Crippen LogP) is 4.49. The van der Waals surface area contributed by atoms with E-state index in [4.69, 9.17) is 0 Å². The zero-order chi connectivity index (χ0) is 13.2. The Labute approximate surface area is 125 Å². The lowest BCUT2D eigenvalue weighted by Gasteiger charge is -2.22. The molecule has 19 heavy (non-hydrogen) atoms. The summed E-state index contributed by atoms with van der Waals surface area (Å²) in [4.78, 5) is 15.4. The van der Waals surface area contributed by atoms with Gasteiger partial charge in [0.1, 0.15) is 0 Å². The molecule has 2 aromatic rings. The Bertz CT molecular complexity index is 608. The lowest BCUT2D eigenvalue weighted by atomic mass is 10.1. The fraction of sp³-hybridized carbons (Fsp3) is 0.267. The Hall–Kier alpha value is -1.13. The molecular formula is C15H14BrNOS. The fourth-order valence-corrected chi connectivity index (χ4v) is 3.80. The second-order valence-corrected chi connectivity index (χ2v) is 7.11. The second-order valence-electron chi connectivity index (χ2n) is 4.65. The van der Waals surface area contributed by atoms with Gasteiger partial charge in [0.2, 0.25) is 0 Å². The molecule has 0 N–H and O–H groups in total. The molecule has 2 nitrogen and oxygen atoms in total. The van der Waals surface area contributed by atoms with E-state index in [2.05, 4.69) is 34.1 Å². The van der Waals surface area contributed by atoms with Crippen molar-refractivity contribution < 1.29 is 4.79 Å². The highest BCUT2D eigenvalue weighted by atomic mass is 79.9. The molecule has 98 valence electrons. The van der Waals surface area contributed by atoms with E-state index < -0.39 is 0 Å². The normalized spacial score (nSPS) is 14.9. The van der Waals surface area contributed by atoms with Gasteiger partial charge in [0, 0.05) is 12.2 Å². The topological polar surface area (TPSA) is 20.3 Å². The van der Waals surface area contributed by atoms with E-state index in [1.165, 1.54) is 16.9 Å². The van der Waals surface area contributed by atoms with E-state index in [0.29, 0.717) is 0 Å². The molecular weight excluding hydrogens is 322 g/mol. The monoisotopic (exact) mass is 335 g/mol. The molecule has 3 rings (SSSR count). The van der Waals surface area contributed by atoms with Gasteiger partial charge in [-0.2, -0.15) is 0 Å². The minimum Gasteiger partial charge on any atom is -0.307 e. The van der Waals surface area contributed by atoms with Crippen LogP contribution in [0.25, 0.3) is 0 Å². The molecule has 0 atom stereocenters. The zero-order valence-corrected chi connectivity index (χ0v) is 12.8. The summed E-state index contributed by atoms with van der Waals surface area (Å²) in [5.41, 5.74) is 2.36. The molecule has 0 radical (unpaired) electrons. The third kappa shape index (κ3) is 2.60. The number of nitrogens with zero attached hydrogens (tertiary/aromatic N) is 1. The average molecular weight is 336 g/mol. The molecule has 1 aliphatic rings. The SMILES string of the molecule is O=C(c1ccc(Br)s1)N1CCCCc2ccccc21. The van der Waals surface area contributed by atoms with E-state index in [1.807, 2.05) is 23.1 Å². The minimum atomic E-state index is 0.116. The van der Waals surface area contributed by atoms with Crippen LogP contribution >= 0.6 is 27.3 Å². The summed E-state index contributed by atoms with van der Waals surface area (Å²) >= 11 is 4.92. The van der Waals surface area contributed by atoms with Crippen LogP contribution in [0.2, 0.25) is 0 Å². The smallest absolute Gasteiger partial charge is 0.268 e. The number of amides is 1. The number of para-hydroxylation sites is 1. The summed E-state index contributed by atoms with van der Waals surface area (Å²) in [7, 11) is 0. The first kappa shape index (κ1) is 12.9. The van der Waals surface area contributed by atoms with Gasteiger partial charge in [-0.3, -0.25) is 4.79 Å². The Morgan fingerprint density at radius 1 is 1.16 bits per heavy atom. The molecule has 0 saturated heterocycles. The van der Waals surface area contributed by atoms with E-state index in [0.717, 1.165) is 40.2 Å². The molecule has 0 fully saturated rings. The van der Waals surface area contributed by atoms with Gasteiger partial charge in [0.25, 0.3) is 5.91 Å². The number of hydrogen-bond acceptors (Lipinski definition) is 2. The number of carbonyl (C=O) groups excluding carboxylic acids is 1. The van der Waals surface area contributed by atoms with Crippen LogP contribution in [0, 0.1) is 0 Å². The standard InChI is InChI=1S/C15H14BrNOS/c16-14-9-8-13(19-14)15(18)17-10-4-3-6-11-5-1-2-7-12(11)17/h1-2,5,7-9H,3-4,6,10H2. The van der Waals surface area contributed by atoms with Crippen LogP contribution < -0.4 is 4.90 Å². The largest absolute Gasteiger partial charge is 0.307 e. The molecule has 2 heterocycles. The van der Waals surface area contributed by atoms with Gasteiger partial charge < -0.3 is 4.90 Å². The summed E-state index contributed by atoms with van der Waals surface area (Å²) in [5.74, 6) is 0.116. The quantitative estimate of drug-likeness (QED) is 0.751. The number of rotatable bonds is 1. The van der Waals surface area contributed by atoms with Gasteiger partial charge in [0.15, 0.2) is 0 Å². The van der Waals surface area contributed by atoms with Gasteiger partial charge in [-0.25, -0.2) is 0 Å². The first-order chi connectivity index (χ1) is 9.25. The van der Waals surface area contributed by atoms with Gasteiger partial charge in [-0.15, -0.1) is 11.3 Å². The summed E-state index contributed by atoms with van der Waals surface area (Å²) in [6.45, 7) is 0.811. The number of benzene rings is 1. The Balaban J connectivity index is 1.98. The maximum atomic E-state index is 12.6. The molecule has 1 amide bonds. The Morgan fingerprint density at radius 2 is 2.00 bits per heavy atom. The molecule has 0 spiro atoms. The van der Waals surface area contributed by atoms with Crippen LogP contribution in [-0.4, -0.2) is 12.5 Å². The van der Waals surface area contributed by atoms with E-state index >= 15 is 0 Å². The van der Waals surface area contributed by atoms with Crippen LogP contribution in [0.3, 0.4) is 0 Å². The van der Waals surface area contributed by atoms with Crippen LogP contribution in [-0.2, 0) is 6.42 Å². The molecule has 0 aliphatic carbocycles. The highest BCUT2D eigenvalue weighted by Gasteiger charge is 2.22. The van der Waals surface area contributed by atoms with Crippen molar-refractivity contribution >= 4 is 38.9 Å². The van der Waals surface area contributed by atoms with Crippen LogP contribution in [0.1, 0.15) is 28.1 Å². The van der Waals surface area contributed by atoms with Crippen molar-refractivity contribution in [1.82, 2.24) is 0 Å². The van der Waals surface area contributed by atoms with E-state index in [9.17, 15) is 4.79 Å². The second kappa shape index (κ2) is 5.47. The van der Waals surface area contributed by atoms with Crippen molar-refractivity contribution in [3.8, 4) is 0 Å². The third-order valence-corrected chi connectivity index (χ3v) is 5.00. The highest BCUT2D eigenvalue weighted by molar-refractivity contribution is 9.11. The number of carbonyl (C=O) groups is 1. The number of aryl methyl sites for hydroxylation is 1. The minimum absolute atomic E-state index is 0.116. The molecule has 1 aromatic carbocycles. The zero-order valence-electron chi connectivity index (χ0n) is 10.4. The van der Waals surface area contributed by atoms with Crippen LogP contribution in [0.5, 0.6) is 0 Å². The molecule has 1 aromatic heterocycles. The lowest BCUT2D eigenvalue weighted by molar-refractivity contribution is 0.0991. The maximum absolute atomic E-state index is 12.6. The van der Waals surface area contributed by atoms with Crippen LogP contribution in [0.4, 0.5) is 5.69 Å². The third-order valence-electron chi connectivity index (χ3n) is 3.39. The summed E-state index contributed by atoms with van der Waals surface area (Å²) in [6.07, 6.45) is 3.27. The summed E-state index contributed by atoms with van der Waals surface area (Å²) in [5, 5.41) is 0. The highest BCUT2D eigenvalue weighted by Crippen LogP contribution is 2.30. The van der Waals surface area contributed by atoms with Crippen molar-refractivity contribution in [1.29, 1.82) is 0 Å². The van der Waals surface area contributed by atoms with Gasteiger partial charge >= 0.3 is 0 Å². The van der Waals surface area contributed by atoms with E-state index in [1.54, 1.807) is 0 Å². The number of fused-ring (bicyclic) bond motifs is 1. The van der Waals surface area contributed by atoms with Crippen molar-refractivity contribution in [3.63, 3.8) is 0 Å². The van der Waals surface area contributed by atoms with Gasteiger partial charge in [0.05, 0.1) is 8.66 Å². The average Bonchev–Trinajstić information content (AvgIpc) is 2.74. The number of halogens is 1. The number of thiophene rings is 1. The molecule has 1 aliphatic heterocycles. The number of hydrogen-bond donors (Lipinski definition) is 0. The first-order valence-electron chi connectivity index (χ1n) is 6.41. The molecule has 4 heteroatoms. The van der Waals surface area contributed by atoms with Crippen molar-refractivity contribution in [2.24, 2.45) is 0 Å². The predicted molar refractivity (Wildman–Crippen MR) is 83.1 cm³/mol. The van der Waals surface area contributed by atoms with Gasteiger partial charge in [-0.05, 0) is 59.0 Å². The molecule has 0 saturated carbocycles. The fourth-order valence-electron chi connectivity index (χ4n) is 2.46. The molecule has 0 unspecified atom stereocenters. The van der Waals surface area contributed by atoms with Crippen LogP contribution in [0.15, 0.2) is 40.2 Å².